The molecule has 0 aliphatic carbocycles. The highest BCUT2D eigenvalue weighted by atomic mass is 15.1. The normalized spacial score (nSPS) is 10.7. The molecule has 0 amide bonds. The van der Waals surface area contributed by atoms with Gasteiger partial charge in [0.1, 0.15) is 0 Å². The van der Waals surface area contributed by atoms with Gasteiger partial charge in [-0.3, -0.25) is 0 Å². The van der Waals surface area contributed by atoms with Crippen molar-refractivity contribution in [1.29, 1.82) is 0 Å². The molecule has 84 valence electrons. The Labute approximate surface area is 92.3 Å². The molecule has 0 saturated carbocycles. The van der Waals surface area contributed by atoms with E-state index in [1.165, 1.54) is 0 Å². The number of nitrogens with two attached hydrogens (primary N) is 1. The Bertz CT molecular complexity index is 310. The van der Waals surface area contributed by atoms with Crippen molar-refractivity contribution in [3.05, 3.63) is 23.8 Å². The van der Waals surface area contributed by atoms with Crippen molar-refractivity contribution in [2.24, 2.45) is 0 Å². The van der Waals surface area contributed by atoms with Crippen LogP contribution in [0.15, 0.2) is 18.2 Å². The highest BCUT2D eigenvalue weighted by Gasteiger charge is 1.97. The number of hydrogen-bond acceptors (Lipinski definition) is 3. The minimum atomic E-state index is 0.853. The average Bonchev–Trinajstić information content (AvgIpc) is 2.23. The van der Waals surface area contributed by atoms with Crippen LogP contribution in [0, 0.1) is 6.92 Å². The van der Waals surface area contributed by atoms with Gasteiger partial charge < -0.3 is 16.0 Å². The van der Waals surface area contributed by atoms with E-state index in [9.17, 15) is 0 Å². The average molecular weight is 207 g/mol. The van der Waals surface area contributed by atoms with Crippen LogP contribution in [-0.4, -0.2) is 31.6 Å². The largest absolute Gasteiger partial charge is 0.399 e. The SMILES string of the molecule is CCN(C)CCNc1ccc(N)c(C)c1. The molecule has 0 aliphatic heterocycles. The molecule has 0 atom stereocenters. The molecule has 3 N–H and O–H groups in total. The third-order valence-electron chi connectivity index (χ3n) is 2.63. The first-order chi connectivity index (χ1) is 7.13. The number of rotatable bonds is 5. The molecule has 0 saturated heterocycles. The lowest BCUT2D eigenvalue weighted by molar-refractivity contribution is 0.367. The molecule has 0 spiro atoms. The molecule has 0 fully saturated rings. The summed E-state index contributed by atoms with van der Waals surface area (Å²) in [5.41, 5.74) is 8.88. The number of hydrogen-bond donors (Lipinski definition) is 2. The number of nitrogens with zero attached hydrogens (tertiary/aromatic N) is 1. The van der Waals surface area contributed by atoms with Gasteiger partial charge in [0.25, 0.3) is 0 Å². The highest BCUT2D eigenvalue weighted by molar-refractivity contribution is 5.56. The van der Waals surface area contributed by atoms with E-state index in [-0.39, 0.29) is 0 Å². The molecule has 0 aliphatic rings. The number of nitrogens with one attached hydrogen (secondary N) is 1. The van der Waals surface area contributed by atoms with Crippen LogP contribution in [0.2, 0.25) is 0 Å². The molecule has 1 rings (SSSR count). The second-order valence-electron chi connectivity index (χ2n) is 3.89. The first kappa shape index (κ1) is 11.9. The molecule has 0 radical (unpaired) electrons. The molecule has 0 aromatic heterocycles. The summed E-state index contributed by atoms with van der Waals surface area (Å²) in [5, 5.41) is 3.38. The van der Waals surface area contributed by atoms with Crippen molar-refractivity contribution >= 4 is 11.4 Å². The van der Waals surface area contributed by atoms with Crippen LogP contribution in [0.25, 0.3) is 0 Å². The van der Waals surface area contributed by atoms with Gasteiger partial charge in [0.15, 0.2) is 0 Å². The number of anilines is 2. The summed E-state index contributed by atoms with van der Waals surface area (Å²) in [5.74, 6) is 0. The Morgan fingerprint density at radius 2 is 2.13 bits per heavy atom. The van der Waals surface area contributed by atoms with Crippen molar-refractivity contribution in [3.63, 3.8) is 0 Å². The van der Waals surface area contributed by atoms with Gasteiger partial charge in [-0.15, -0.1) is 0 Å². The fraction of sp³-hybridized carbons (Fsp3) is 0.500. The van der Waals surface area contributed by atoms with Gasteiger partial charge in [0.2, 0.25) is 0 Å². The van der Waals surface area contributed by atoms with Gasteiger partial charge in [-0.2, -0.15) is 0 Å². The summed E-state index contributed by atoms with van der Waals surface area (Å²) < 4.78 is 0. The van der Waals surface area contributed by atoms with E-state index in [2.05, 4.69) is 30.3 Å². The molecule has 3 nitrogen and oxygen atoms in total. The lowest BCUT2D eigenvalue weighted by atomic mass is 10.2. The summed E-state index contributed by atoms with van der Waals surface area (Å²) in [6, 6.07) is 6.05. The third kappa shape index (κ3) is 3.80. The van der Waals surface area contributed by atoms with Crippen molar-refractivity contribution in [2.45, 2.75) is 13.8 Å². The first-order valence-electron chi connectivity index (χ1n) is 5.42. The van der Waals surface area contributed by atoms with Gasteiger partial charge in [-0.1, -0.05) is 6.92 Å². The van der Waals surface area contributed by atoms with Crippen LogP contribution in [0.4, 0.5) is 11.4 Å². The molecular formula is C12H21N3. The van der Waals surface area contributed by atoms with E-state index < -0.39 is 0 Å². The van der Waals surface area contributed by atoms with Crippen LogP contribution in [0.1, 0.15) is 12.5 Å². The van der Waals surface area contributed by atoms with Crippen molar-refractivity contribution < 1.29 is 0 Å². The standard InChI is InChI=1S/C12H21N3/c1-4-15(3)8-7-14-11-5-6-12(13)10(2)9-11/h5-6,9,14H,4,7-8,13H2,1-3H3. The van der Waals surface area contributed by atoms with Crippen LogP contribution >= 0.6 is 0 Å². The van der Waals surface area contributed by atoms with Gasteiger partial charge in [0.05, 0.1) is 0 Å². The number of aryl methyl sites for hydroxylation is 1. The second kappa shape index (κ2) is 5.61. The minimum Gasteiger partial charge on any atom is -0.399 e. The van der Waals surface area contributed by atoms with E-state index in [1.807, 2.05) is 19.1 Å². The fourth-order valence-corrected chi connectivity index (χ4v) is 1.33. The summed E-state index contributed by atoms with van der Waals surface area (Å²) >= 11 is 0. The molecule has 15 heavy (non-hydrogen) atoms. The lowest BCUT2D eigenvalue weighted by Crippen LogP contribution is -2.24. The van der Waals surface area contributed by atoms with Gasteiger partial charge in [-0.25, -0.2) is 0 Å². The Balaban J connectivity index is 2.41. The molecule has 0 heterocycles. The quantitative estimate of drug-likeness (QED) is 0.725. The molecule has 1 aromatic carbocycles. The van der Waals surface area contributed by atoms with E-state index >= 15 is 0 Å². The molecule has 3 heteroatoms. The maximum Gasteiger partial charge on any atom is 0.0345 e. The van der Waals surface area contributed by atoms with E-state index in [0.29, 0.717) is 0 Å². The van der Waals surface area contributed by atoms with Crippen LogP contribution in [-0.2, 0) is 0 Å². The van der Waals surface area contributed by atoms with Crippen LogP contribution < -0.4 is 11.1 Å². The minimum absolute atomic E-state index is 0.853. The smallest absolute Gasteiger partial charge is 0.0345 e. The van der Waals surface area contributed by atoms with Crippen molar-refractivity contribution in [3.8, 4) is 0 Å². The molecular weight excluding hydrogens is 186 g/mol. The number of likely N-dealkylation sites (N-methyl/N-ethyl adjacent to an activating group) is 1. The Hall–Kier alpha value is -1.22. The number of benzene rings is 1. The topological polar surface area (TPSA) is 41.3 Å². The maximum absolute atomic E-state index is 5.75. The zero-order valence-corrected chi connectivity index (χ0v) is 9.88. The van der Waals surface area contributed by atoms with Crippen LogP contribution in [0.5, 0.6) is 0 Å². The lowest BCUT2D eigenvalue weighted by Gasteiger charge is -2.15. The third-order valence-corrected chi connectivity index (χ3v) is 2.63. The summed E-state index contributed by atoms with van der Waals surface area (Å²) in [6.07, 6.45) is 0. The first-order valence-corrected chi connectivity index (χ1v) is 5.42. The summed E-state index contributed by atoms with van der Waals surface area (Å²) in [7, 11) is 2.12. The monoisotopic (exact) mass is 207 g/mol. The molecule has 0 unspecified atom stereocenters. The van der Waals surface area contributed by atoms with Crippen molar-refractivity contribution in [1.82, 2.24) is 4.90 Å². The van der Waals surface area contributed by atoms with E-state index in [4.69, 9.17) is 5.73 Å². The second-order valence-corrected chi connectivity index (χ2v) is 3.89. The predicted octanol–water partition coefficient (Wildman–Crippen LogP) is 1.94. The zero-order chi connectivity index (χ0) is 11.3. The van der Waals surface area contributed by atoms with Gasteiger partial charge in [0, 0.05) is 24.5 Å². The maximum atomic E-state index is 5.75. The van der Waals surface area contributed by atoms with Gasteiger partial charge in [-0.05, 0) is 44.3 Å². The Kier molecular flexibility index (Phi) is 4.43. The summed E-state index contributed by atoms with van der Waals surface area (Å²) in [6.45, 7) is 7.29. The number of nitrogen functional groups attached to an aromatic ring is 1. The zero-order valence-electron chi connectivity index (χ0n) is 9.88. The van der Waals surface area contributed by atoms with E-state index in [0.717, 1.165) is 36.6 Å². The van der Waals surface area contributed by atoms with Crippen molar-refractivity contribution in [2.75, 3.05) is 37.7 Å². The van der Waals surface area contributed by atoms with Gasteiger partial charge >= 0.3 is 0 Å². The summed E-state index contributed by atoms with van der Waals surface area (Å²) in [4.78, 5) is 2.27. The predicted molar refractivity (Wildman–Crippen MR) is 67.3 cm³/mol. The Morgan fingerprint density at radius 3 is 2.73 bits per heavy atom. The molecule has 0 bridgehead atoms. The fourth-order valence-electron chi connectivity index (χ4n) is 1.33. The van der Waals surface area contributed by atoms with Crippen LogP contribution in [0.3, 0.4) is 0 Å². The molecule has 1 aromatic rings. The highest BCUT2D eigenvalue weighted by Crippen LogP contribution is 2.16. The Morgan fingerprint density at radius 1 is 1.40 bits per heavy atom. The van der Waals surface area contributed by atoms with E-state index in [1.54, 1.807) is 0 Å².